The minimum atomic E-state index is -0.424. The number of hydrogen-bond acceptors (Lipinski definition) is 3. The Balaban J connectivity index is 2.63. The molecule has 1 atom stereocenters. The summed E-state index contributed by atoms with van der Waals surface area (Å²) in [6.45, 7) is 3.53. The van der Waals surface area contributed by atoms with Crippen molar-refractivity contribution in [1.82, 2.24) is 5.32 Å². The van der Waals surface area contributed by atoms with Gasteiger partial charge in [0.05, 0.1) is 0 Å². The maximum Gasteiger partial charge on any atom is 0.251 e. The lowest BCUT2D eigenvalue weighted by Gasteiger charge is -2.11. The number of amidine groups is 1. The maximum atomic E-state index is 13.3. The first-order chi connectivity index (χ1) is 8.45. The van der Waals surface area contributed by atoms with E-state index in [2.05, 4.69) is 10.5 Å². The van der Waals surface area contributed by atoms with Gasteiger partial charge in [-0.15, -0.1) is 0 Å². The van der Waals surface area contributed by atoms with Crippen molar-refractivity contribution in [1.29, 1.82) is 0 Å². The van der Waals surface area contributed by atoms with Gasteiger partial charge in [-0.05, 0) is 24.6 Å². The van der Waals surface area contributed by atoms with E-state index in [-0.39, 0.29) is 23.9 Å². The molecule has 1 aromatic carbocycles. The molecule has 0 radical (unpaired) electrons. The number of nitrogens with one attached hydrogen (secondary N) is 1. The highest BCUT2D eigenvalue weighted by Crippen LogP contribution is 2.09. The molecule has 1 unspecified atom stereocenters. The highest BCUT2D eigenvalue weighted by molar-refractivity contribution is 5.94. The Hall–Kier alpha value is -2.11. The second kappa shape index (κ2) is 6.00. The SMILES string of the molecule is Cc1ccc(C(=O)NCC(C)C(N)=NO)cc1F. The van der Waals surface area contributed by atoms with E-state index in [4.69, 9.17) is 10.9 Å². The van der Waals surface area contributed by atoms with E-state index in [1.54, 1.807) is 19.9 Å². The van der Waals surface area contributed by atoms with Crippen LogP contribution in [0.4, 0.5) is 4.39 Å². The zero-order valence-corrected chi connectivity index (χ0v) is 10.3. The summed E-state index contributed by atoms with van der Waals surface area (Å²) < 4.78 is 13.3. The third-order valence-electron chi connectivity index (χ3n) is 2.62. The maximum absolute atomic E-state index is 13.3. The van der Waals surface area contributed by atoms with Crippen molar-refractivity contribution in [2.24, 2.45) is 16.8 Å². The van der Waals surface area contributed by atoms with Gasteiger partial charge in [0, 0.05) is 18.0 Å². The fraction of sp³-hybridized carbons (Fsp3) is 0.333. The van der Waals surface area contributed by atoms with Crippen LogP contribution >= 0.6 is 0 Å². The van der Waals surface area contributed by atoms with Gasteiger partial charge in [0.25, 0.3) is 5.91 Å². The third-order valence-corrected chi connectivity index (χ3v) is 2.62. The number of amides is 1. The fourth-order valence-electron chi connectivity index (χ4n) is 1.29. The van der Waals surface area contributed by atoms with Crippen molar-refractivity contribution < 1.29 is 14.4 Å². The number of nitrogens with zero attached hydrogens (tertiary/aromatic N) is 1. The normalized spacial score (nSPS) is 13.2. The number of carbonyl (C=O) groups is 1. The van der Waals surface area contributed by atoms with Crippen molar-refractivity contribution in [3.8, 4) is 0 Å². The average molecular weight is 253 g/mol. The molecular weight excluding hydrogens is 237 g/mol. The lowest BCUT2D eigenvalue weighted by molar-refractivity contribution is 0.0950. The minimum absolute atomic E-state index is 0.0328. The van der Waals surface area contributed by atoms with Gasteiger partial charge in [-0.2, -0.15) is 0 Å². The zero-order chi connectivity index (χ0) is 13.7. The predicted octanol–water partition coefficient (Wildman–Crippen LogP) is 1.25. The summed E-state index contributed by atoms with van der Waals surface area (Å²) in [5, 5.41) is 13.9. The highest BCUT2D eigenvalue weighted by atomic mass is 19.1. The summed E-state index contributed by atoms with van der Waals surface area (Å²) in [7, 11) is 0. The molecule has 5 nitrogen and oxygen atoms in total. The largest absolute Gasteiger partial charge is 0.409 e. The van der Waals surface area contributed by atoms with E-state index < -0.39 is 11.7 Å². The lowest BCUT2D eigenvalue weighted by atomic mass is 10.1. The fourth-order valence-corrected chi connectivity index (χ4v) is 1.29. The van der Waals surface area contributed by atoms with Crippen LogP contribution in [0.3, 0.4) is 0 Å². The summed E-state index contributed by atoms with van der Waals surface area (Å²) in [5.41, 5.74) is 6.10. The van der Waals surface area contributed by atoms with Crippen molar-refractivity contribution in [2.75, 3.05) is 6.54 Å². The van der Waals surface area contributed by atoms with Gasteiger partial charge in [-0.3, -0.25) is 4.79 Å². The van der Waals surface area contributed by atoms with Gasteiger partial charge in [0.1, 0.15) is 11.7 Å². The molecule has 4 N–H and O–H groups in total. The first-order valence-electron chi connectivity index (χ1n) is 5.47. The summed E-state index contributed by atoms with van der Waals surface area (Å²) >= 11 is 0. The number of aryl methyl sites for hydroxylation is 1. The Bertz CT molecular complexity index is 474. The van der Waals surface area contributed by atoms with Crippen LogP contribution in [-0.4, -0.2) is 23.5 Å². The van der Waals surface area contributed by atoms with Gasteiger partial charge in [-0.1, -0.05) is 18.1 Å². The van der Waals surface area contributed by atoms with Gasteiger partial charge in [0.15, 0.2) is 0 Å². The molecule has 0 saturated carbocycles. The number of rotatable bonds is 4. The molecule has 1 rings (SSSR count). The van der Waals surface area contributed by atoms with E-state index in [0.717, 1.165) is 0 Å². The monoisotopic (exact) mass is 253 g/mol. The van der Waals surface area contributed by atoms with Crippen LogP contribution in [0.25, 0.3) is 0 Å². The van der Waals surface area contributed by atoms with E-state index in [1.165, 1.54) is 12.1 Å². The molecule has 18 heavy (non-hydrogen) atoms. The lowest BCUT2D eigenvalue weighted by Crippen LogP contribution is -2.34. The van der Waals surface area contributed by atoms with Crippen molar-refractivity contribution in [3.05, 3.63) is 35.1 Å². The molecule has 98 valence electrons. The number of oxime groups is 1. The van der Waals surface area contributed by atoms with E-state index in [0.29, 0.717) is 5.56 Å². The molecule has 1 aromatic rings. The molecule has 0 bridgehead atoms. The second-order valence-corrected chi connectivity index (χ2v) is 4.10. The Kier molecular flexibility index (Phi) is 4.65. The molecule has 6 heteroatoms. The van der Waals surface area contributed by atoms with E-state index >= 15 is 0 Å². The highest BCUT2D eigenvalue weighted by Gasteiger charge is 2.12. The van der Waals surface area contributed by atoms with E-state index in [9.17, 15) is 9.18 Å². The van der Waals surface area contributed by atoms with E-state index in [1.807, 2.05) is 0 Å². The number of nitrogens with two attached hydrogens (primary N) is 1. The van der Waals surface area contributed by atoms with Gasteiger partial charge < -0.3 is 16.3 Å². The molecule has 0 aromatic heterocycles. The van der Waals surface area contributed by atoms with Crippen molar-refractivity contribution >= 4 is 11.7 Å². The Morgan fingerprint density at radius 1 is 1.61 bits per heavy atom. The average Bonchev–Trinajstić information content (AvgIpc) is 2.37. The molecule has 1 amide bonds. The molecule has 0 saturated heterocycles. The van der Waals surface area contributed by atoms with Crippen LogP contribution in [-0.2, 0) is 0 Å². The van der Waals surface area contributed by atoms with Crippen LogP contribution in [0.1, 0.15) is 22.8 Å². The molecule has 0 heterocycles. The van der Waals surface area contributed by atoms with Crippen LogP contribution in [0, 0.1) is 18.7 Å². The molecule has 0 aliphatic rings. The van der Waals surface area contributed by atoms with Crippen LogP contribution in [0.5, 0.6) is 0 Å². The van der Waals surface area contributed by atoms with Gasteiger partial charge >= 0.3 is 0 Å². The van der Waals surface area contributed by atoms with Crippen LogP contribution in [0.2, 0.25) is 0 Å². The standard InChI is InChI=1S/C12H16FN3O2/c1-7-3-4-9(5-10(7)13)12(17)15-6-8(2)11(14)16-18/h3-5,8,18H,6H2,1-2H3,(H2,14,16)(H,15,17). The summed E-state index contributed by atoms with van der Waals surface area (Å²) in [4.78, 5) is 11.7. The molecule has 0 fully saturated rings. The molecule has 0 spiro atoms. The summed E-state index contributed by atoms with van der Waals surface area (Å²) in [5.74, 6) is -1.08. The predicted molar refractivity (Wildman–Crippen MR) is 66.0 cm³/mol. The number of hydrogen-bond donors (Lipinski definition) is 3. The molecule has 0 aliphatic carbocycles. The Labute approximate surface area is 104 Å². The zero-order valence-electron chi connectivity index (χ0n) is 10.3. The number of halogens is 1. The van der Waals surface area contributed by atoms with Gasteiger partial charge in [-0.25, -0.2) is 4.39 Å². The first kappa shape index (κ1) is 14.0. The smallest absolute Gasteiger partial charge is 0.251 e. The number of benzene rings is 1. The molecular formula is C12H16FN3O2. The quantitative estimate of drug-likeness (QED) is 0.326. The summed E-state index contributed by atoms with van der Waals surface area (Å²) in [6.07, 6.45) is 0. The second-order valence-electron chi connectivity index (χ2n) is 4.10. The Morgan fingerprint density at radius 3 is 2.83 bits per heavy atom. The van der Waals surface area contributed by atoms with Crippen LogP contribution in [0.15, 0.2) is 23.4 Å². The van der Waals surface area contributed by atoms with Crippen molar-refractivity contribution in [2.45, 2.75) is 13.8 Å². The molecule has 0 aliphatic heterocycles. The third kappa shape index (κ3) is 3.44. The summed E-state index contributed by atoms with van der Waals surface area (Å²) in [6, 6.07) is 4.26. The number of carbonyl (C=O) groups excluding carboxylic acids is 1. The van der Waals surface area contributed by atoms with Crippen LogP contribution < -0.4 is 11.1 Å². The minimum Gasteiger partial charge on any atom is -0.409 e. The first-order valence-corrected chi connectivity index (χ1v) is 5.47. The topological polar surface area (TPSA) is 87.7 Å². The van der Waals surface area contributed by atoms with Gasteiger partial charge in [0.2, 0.25) is 0 Å². The van der Waals surface area contributed by atoms with Crippen molar-refractivity contribution in [3.63, 3.8) is 0 Å². The Morgan fingerprint density at radius 2 is 2.28 bits per heavy atom.